The molecule has 2 saturated carbocycles. The lowest BCUT2D eigenvalue weighted by Gasteiger charge is -2.51. The van der Waals surface area contributed by atoms with Crippen molar-refractivity contribution in [3.05, 3.63) is 35.4 Å². The van der Waals surface area contributed by atoms with E-state index in [0.29, 0.717) is 5.41 Å². The smallest absolute Gasteiger partial charge is 0.137 e. The van der Waals surface area contributed by atoms with Crippen LogP contribution < -0.4 is 0 Å². The lowest BCUT2D eigenvalue weighted by atomic mass is 9.55. The fraction of sp³-hybridized carbons (Fsp3) is 0.500. The second kappa shape index (κ2) is 5.32. The van der Waals surface area contributed by atoms with Crippen molar-refractivity contribution in [1.82, 2.24) is 4.90 Å². The first-order valence-electron chi connectivity index (χ1n) is 6.80. The summed E-state index contributed by atoms with van der Waals surface area (Å²) in [5, 5.41) is 8.08. The molecular weight excluding hydrogens is 314 g/mol. The summed E-state index contributed by atoms with van der Waals surface area (Å²) < 4.78 is 0.855. The van der Waals surface area contributed by atoms with Crippen molar-refractivity contribution >= 4 is 28.5 Å². The van der Waals surface area contributed by atoms with Crippen LogP contribution in [0.2, 0.25) is 0 Å². The van der Waals surface area contributed by atoms with Crippen LogP contribution in [0.4, 0.5) is 0 Å². The quantitative estimate of drug-likeness (QED) is 0.321. The van der Waals surface area contributed by atoms with Crippen LogP contribution in [0.5, 0.6) is 0 Å². The van der Waals surface area contributed by atoms with E-state index in [-0.39, 0.29) is 5.41 Å². The zero-order valence-corrected chi connectivity index (χ0v) is 13.9. The van der Waals surface area contributed by atoms with Gasteiger partial charge in [-0.25, -0.2) is 0 Å². The van der Waals surface area contributed by atoms with Gasteiger partial charge in [-0.05, 0) is 42.7 Å². The fourth-order valence-corrected chi connectivity index (χ4v) is 3.74. The van der Waals surface area contributed by atoms with Crippen LogP contribution in [0.1, 0.15) is 25.7 Å². The highest BCUT2D eigenvalue weighted by Crippen LogP contribution is 2.71. The summed E-state index contributed by atoms with van der Waals surface area (Å²) in [5.41, 5.74) is 1.60. The molecule has 20 heavy (non-hydrogen) atoms. The summed E-state index contributed by atoms with van der Waals surface area (Å²) in [6.07, 6.45) is 8.86. The van der Waals surface area contributed by atoms with Crippen molar-refractivity contribution in [2.24, 2.45) is 21.0 Å². The van der Waals surface area contributed by atoms with Gasteiger partial charge in [0.1, 0.15) is 5.84 Å². The second-order valence-electron chi connectivity index (χ2n) is 6.15. The van der Waals surface area contributed by atoms with Crippen LogP contribution in [-0.4, -0.2) is 31.5 Å². The van der Waals surface area contributed by atoms with Crippen molar-refractivity contribution < 1.29 is 0 Å². The van der Waals surface area contributed by atoms with E-state index in [0.717, 1.165) is 28.7 Å². The molecule has 4 heteroatoms. The maximum atomic E-state index is 4.31. The van der Waals surface area contributed by atoms with Crippen LogP contribution in [0, 0.1) is 10.8 Å². The lowest BCUT2D eigenvalue weighted by Crippen LogP contribution is -2.51. The summed E-state index contributed by atoms with van der Waals surface area (Å²) in [4.78, 5) is 2.04. The van der Waals surface area contributed by atoms with E-state index in [1.54, 1.807) is 0 Å². The number of rotatable bonds is 5. The zero-order chi connectivity index (χ0) is 15.0. The molecule has 0 atom stereocenters. The van der Waals surface area contributed by atoms with Crippen LogP contribution in [0.3, 0.4) is 0 Å². The van der Waals surface area contributed by atoms with Gasteiger partial charge in [-0.1, -0.05) is 35.2 Å². The molecule has 0 bridgehead atoms. The molecule has 0 N–H and O–H groups in total. The molecule has 1 spiro atoms. The largest absolute Gasteiger partial charge is 0.364 e. The highest BCUT2D eigenvalue weighted by molar-refractivity contribution is 9.11. The molecule has 2 rings (SSSR count). The maximum Gasteiger partial charge on any atom is 0.137 e. The topological polar surface area (TPSA) is 28.0 Å². The standard InChI is InChI=1S/C16H22BrN3/c1-6-13(9-12(2)17)16(10-15(11-16)7-8-15)14(19-18-3)20(4)5/h6,9H,1-3,7-8,10-11H2,4-5H3/b13-9+,19-14-. The average molecular weight is 336 g/mol. The molecule has 0 heterocycles. The summed E-state index contributed by atoms with van der Waals surface area (Å²) >= 11 is 3.42. The minimum Gasteiger partial charge on any atom is -0.364 e. The summed E-state index contributed by atoms with van der Waals surface area (Å²) in [6.45, 7) is 11.4. The SMILES string of the molecule is C=C/C(=C\C(=C)Br)C1(/C(=N/N=C)N(C)C)CC2(CC2)C1. The Balaban J connectivity index is 2.45. The number of hydrogen-bond donors (Lipinski definition) is 0. The van der Waals surface area contributed by atoms with Crippen molar-refractivity contribution in [1.29, 1.82) is 0 Å². The van der Waals surface area contributed by atoms with E-state index in [9.17, 15) is 0 Å². The highest BCUT2D eigenvalue weighted by Gasteiger charge is 2.64. The Labute approximate surface area is 130 Å². The first kappa shape index (κ1) is 15.2. The van der Waals surface area contributed by atoms with Crippen molar-refractivity contribution in [2.75, 3.05) is 14.1 Å². The van der Waals surface area contributed by atoms with Crippen LogP contribution >= 0.6 is 15.9 Å². The van der Waals surface area contributed by atoms with Gasteiger partial charge in [0.05, 0.1) is 5.41 Å². The minimum atomic E-state index is -0.0976. The predicted molar refractivity (Wildman–Crippen MR) is 90.4 cm³/mol. The number of halogens is 1. The molecule has 0 aliphatic heterocycles. The lowest BCUT2D eigenvalue weighted by molar-refractivity contribution is 0.136. The van der Waals surface area contributed by atoms with Crippen molar-refractivity contribution in [3.8, 4) is 0 Å². The summed E-state index contributed by atoms with van der Waals surface area (Å²) in [7, 11) is 4.01. The third-order valence-electron chi connectivity index (χ3n) is 4.41. The van der Waals surface area contributed by atoms with Crippen LogP contribution in [-0.2, 0) is 0 Å². The van der Waals surface area contributed by atoms with Gasteiger partial charge in [0.15, 0.2) is 0 Å². The Morgan fingerprint density at radius 2 is 1.90 bits per heavy atom. The fourth-order valence-electron chi connectivity index (χ4n) is 3.49. The Morgan fingerprint density at radius 3 is 2.25 bits per heavy atom. The first-order chi connectivity index (χ1) is 9.39. The molecule has 0 amide bonds. The van der Waals surface area contributed by atoms with Gasteiger partial charge >= 0.3 is 0 Å². The Morgan fingerprint density at radius 1 is 1.30 bits per heavy atom. The van der Waals surface area contributed by atoms with Gasteiger partial charge in [-0.15, -0.1) is 5.10 Å². The second-order valence-corrected chi connectivity index (χ2v) is 7.16. The van der Waals surface area contributed by atoms with Gasteiger partial charge < -0.3 is 4.90 Å². The van der Waals surface area contributed by atoms with E-state index in [1.807, 2.05) is 31.1 Å². The molecule has 0 unspecified atom stereocenters. The number of hydrogen-bond acceptors (Lipinski definition) is 2. The van der Waals surface area contributed by atoms with E-state index >= 15 is 0 Å². The van der Waals surface area contributed by atoms with E-state index < -0.39 is 0 Å². The molecule has 0 saturated heterocycles. The molecule has 0 aromatic carbocycles. The minimum absolute atomic E-state index is 0.0976. The molecule has 108 valence electrons. The summed E-state index contributed by atoms with van der Waals surface area (Å²) in [6, 6.07) is 0. The van der Waals surface area contributed by atoms with Crippen molar-refractivity contribution in [3.63, 3.8) is 0 Å². The summed E-state index contributed by atoms with van der Waals surface area (Å²) in [5.74, 6) is 0.963. The molecule has 3 nitrogen and oxygen atoms in total. The van der Waals surface area contributed by atoms with E-state index in [4.69, 9.17) is 0 Å². The Kier molecular flexibility index (Phi) is 4.05. The van der Waals surface area contributed by atoms with E-state index in [2.05, 4.69) is 46.0 Å². The van der Waals surface area contributed by atoms with Gasteiger partial charge in [0, 0.05) is 25.3 Å². The third-order valence-corrected chi connectivity index (χ3v) is 4.64. The molecule has 2 fully saturated rings. The van der Waals surface area contributed by atoms with Crippen LogP contribution in [0.25, 0.3) is 0 Å². The molecular formula is C16H22BrN3. The van der Waals surface area contributed by atoms with E-state index in [1.165, 1.54) is 12.8 Å². The monoisotopic (exact) mass is 335 g/mol. The average Bonchev–Trinajstić information content (AvgIpc) is 3.10. The van der Waals surface area contributed by atoms with Gasteiger partial charge in [0.25, 0.3) is 0 Å². The van der Waals surface area contributed by atoms with Crippen LogP contribution in [0.15, 0.2) is 45.6 Å². The van der Waals surface area contributed by atoms with Gasteiger partial charge in [-0.2, -0.15) is 5.10 Å². The molecule has 0 aromatic heterocycles. The predicted octanol–water partition coefficient (Wildman–Crippen LogP) is 4.14. The maximum absolute atomic E-state index is 4.31. The molecule has 0 radical (unpaired) electrons. The number of nitrogens with zero attached hydrogens (tertiary/aromatic N) is 3. The molecule has 2 aliphatic rings. The Bertz CT molecular complexity index is 502. The normalized spacial score (nSPS) is 22.9. The zero-order valence-electron chi connectivity index (χ0n) is 12.3. The Hall–Kier alpha value is -1.16. The third kappa shape index (κ3) is 2.53. The number of amidine groups is 1. The van der Waals surface area contributed by atoms with Crippen molar-refractivity contribution in [2.45, 2.75) is 25.7 Å². The first-order valence-corrected chi connectivity index (χ1v) is 7.59. The van der Waals surface area contributed by atoms with Gasteiger partial charge in [0.2, 0.25) is 0 Å². The number of allylic oxidation sites excluding steroid dienone is 3. The molecule has 2 aliphatic carbocycles. The molecule has 0 aromatic rings. The highest BCUT2D eigenvalue weighted by atomic mass is 79.9. The van der Waals surface area contributed by atoms with Gasteiger partial charge in [-0.3, -0.25) is 0 Å².